The van der Waals surface area contributed by atoms with Crippen molar-refractivity contribution in [1.29, 1.82) is 0 Å². The zero-order valence-corrected chi connectivity index (χ0v) is 45.4. The van der Waals surface area contributed by atoms with Gasteiger partial charge in [-0.1, -0.05) is 17.3 Å². The second kappa shape index (κ2) is 36.1. The molecule has 2 N–H and O–H groups in total. The molecule has 0 saturated carbocycles. The van der Waals surface area contributed by atoms with Gasteiger partial charge in [-0.25, -0.2) is 19.1 Å². The van der Waals surface area contributed by atoms with Crippen LogP contribution < -0.4 is 10.6 Å². The van der Waals surface area contributed by atoms with Crippen molar-refractivity contribution in [2.45, 2.75) is 50.2 Å². The number of urea groups is 2. The quantitative estimate of drug-likeness (QED) is 0.0515. The number of anilines is 1. The van der Waals surface area contributed by atoms with Crippen LogP contribution in [0.25, 0.3) is 11.3 Å². The third kappa shape index (κ3) is 22.6. The van der Waals surface area contributed by atoms with E-state index in [4.69, 9.17) is 61.7 Å². The van der Waals surface area contributed by atoms with Crippen LogP contribution in [0, 0.1) is 0 Å². The number of likely N-dealkylation sites (tertiary alicyclic amines) is 2. The number of benzene rings is 1. The number of likely N-dealkylation sites (N-methyl/N-ethyl adjacent to an activating group) is 1. The summed E-state index contributed by atoms with van der Waals surface area (Å²) in [6.07, 6.45) is 2.56. The van der Waals surface area contributed by atoms with E-state index in [1.54, 1.807) is 15.6 Å². The molecule has 4 saturated heterocycles. The molecule has 1 aromatic heterocycles. The zero-order valence-electron chi connectivity index (χ0n) is 45.4. The summed E-state index contributed by atoms with van der Waals surface area (Å²) >= 11 is 0. The Kier molecular flexibility index (Phi) is 28.7. The highest BCUT2D eigenvalue weighted by Gasteiger charge is 2.55. The first-order valence-corrected chi connectivity index (χ1v) is 27.0. The fraction of sp³-hybridized carbons (Fsp3) is 0.725. The molecule has 5 heterocycles. The summed E-state index contributed by atoms with van der Waals surface area (Å²) in [6.45, 7) is 12.4. The van der Waals surface area contributed by atoms with Crippen molar-refractivity contribution in [3.8, 4) is 11.3 Å². The summed E-state index contributed by atoms with van der Waals surface area (Å²) in [5.41, 5.74) is 1.10. The van der Waals surface area contributed by atoms with E-state index in [9.17, 15) is 28.8 Å². The van der Waals surface area contributed by atoms with Crippen LogP contribution in [0.1, 0.15) is 32.1 Å². The van der Waals surface area contributed by atoms with Gasteiger partial charge in [-0.3, -0.25) is 19.3 Å². The van der Waals surface area contributed by atoms with E-state index in [1.807, 2.05) is 31.4 Å². The average Bonchev–Trinajstić information content (AvgIpc) is 4.30. The predicted octanol–water partition coefficient (Wildman–Crippen LogP) is 0.374. The van der Waals surface area contributed by atoms with Crippen molar-refractivity contribution in [3.63, 3.8) is 0 Å². The van der Waals surface area contributed by atoms with E-state index in [2.05, 4.69) is 25.8 Å². The molecule has 79 heavy (non-hydrogen) atoms. The molecule has 7 amide bonds. The lowest BCUT2D eigenvalue weighted by molar-refractivity contribution is -0.198. The maximum atomic E-state index is 13.3. The van der Waals surface area contributed by atoms with Crippen molar-refractivity contribution in [2.75, 3.05) is 197 Å². The van der Waals surface area contributed by atoms with Gasteiger partial charge in [0.25, 0.3) is 17.7 Å². The lowest BCUT2D eigenvalue weighted by Gasteiger charge is -2.41. The van der Waals surface area contributed by atoms with Crippen LogP contribution >= 0.6 is 0 Å². The van der Waals surface area contributed by atoms with Crippen LogP contribution in [0.4, 0.5) is 15.3 Å². The fourth-order valence-corrected chi connectivity index (χ4v) is 8.37. The normalized spacial score (nSPS) is 16.6. The fourth-order valence-electron chi connectivity index (χ4n) is 8.37. The number of aromatic nitrogens is 3. The van der Waals surface area contributed by atoms with Gasteiger partial charge in [-0.15, -0.1) is 10.2 Å². The number of imide groups is 2. The minimum absolute atomic E-state index is 0.0500. The van der Waals surface area contributed by atoms with Crippen molar-refractivity contribution in [3.05, 3.63) is 30.5 Å². The van der Waals surface area contributed by atoms with Crippen molar-refractivity contribution in [1.82, 2.24) is 40.1 Å². The molecule has 0 radical (unpaired) electrons. The summed E-state index contributed by atoms with van der Waals surface area (Å²) in [4.78, 5) is 83.7. The Morgan fingerprint density at radius 1 is 0.620 bits per heavy atom. The van der Waals surface area contributed by atoms with Crippen LogP contribution in [0.5, 0.6) is 0 Å². The molecule has 1 aromatic carbocycles. The molecule has 4 fully saturated rings. The van der Waals surface area contributed by atoms with Crippen molar-refractivity contribution in [2.24, 2.45) is 0 Å². The largest absolute Gasteiger partial charge is 0.378 e. The summed E-state index contributed by atoms with van der Waals surface area (Å²) in [6, 6.07) is 6.66. The maximum absolute atomic E-state index is 13.3. The highest BCUT2D eigenvalue weighted by Crippen LogP contribution is 2.32. The molecule has 0 aliphatic carbocycles. The van der Waals surface area contributed by atoms with Crippen LogP contribution in [0.3, 0.4) is 0 Å². The highest BCUT2D eigenvalue weighted by atomic mass is 16.7. The monoisotopic (exact) mass is 1120 g/mol. The number of piperidine rings is 1. The summed E-state index contributed by atoms with van der Waals surface area (Å²) in [5.74, 6) is -1.93. The van der Waals surface area contributed by atoms with Gasteiger partial charge < -0.3 is 82.1 Å². The SMILES string of the molecule is CN1CC(N2C(=O)NC3(CCN(C(=O)Nc4cccc(-c5cn(CCOCCOCCOCCOCCOCCOCCOCCOCCOCCOCCOCCOCCC(=O)ON6C(=O)CCC6=O)nn5)c4)CC3)C2=O)C1. The number of rotatable bonds is 43. The number of carbonyl (C=O) groups is 6. The summed E-state index contributed by atoms with van der Waals surface area (Å²) < 4.78 is 67.7. The number of hydrogen-bond donors (Lipinski definition) is 2. The first-order valence-electron chi connectivity index (χ1n) is 27.0. The lowest BCUT2D eigenvalue weighted by Crippen LogP contribution is -2.61. The standard InChI is InChI=1S/C51H79N9O19/c1-56-38-43(39-56)59-48(64)51(53-50(59)66)8-10-57(11-9-51)49(65)52-42-4-2-3-41(37-42)44-40-58(55-54-44)12-14-68-16-18-70-20-22-72-24-26-74-28-30-76-32-34-78-36-35-77-33-31-75-29-27-73-25-23-71-21-19-69-17-15-67-13-7-47(63)79-60-45(61)5-6-46(60)62/h2-4,37,40,43H,5-36,38-39H2,1H3,(H,52,65)(H,53,66). The summed E-state index contributed by atoms with van der Waals surface area (Å²) in [7, 11) is 1.96. The van der Waals surface area contributed by atoms with Crippen LogP contribution in [-0.2, 0) is 87.4 Å². The molecule has 1 spiro atoms. The van der Waals surface area contributed by atoms with E-state index < -0.39 is 23.3 Å². The van der Waals surface area contributed by atoms with Crippen molar-refractivity contribution >= 4 is 41.4 Å². The molecule has 4 aliphatic rings. The van der Waals surface area contributed by atoms with Crippen LogP contribution in [0.2, 0.25) is 0 Å². The molecule has 2 aromatic rings. The van der Waals surface area contributed by atoms with E-state index in [-0.39, 0.29) is 56.5 Å². The molecular formula is C51H79N9O19. The maximum Gasteiger partial charge on any atom is 0.335 e. The lowest BCUT2D eigenvalue weighted by atomic mass is 9.87. The second-order valence-electron chi connectivity index (χ2n) is 18.6. The van der Waals surface area contributed by atoms with Crippen molar-refractivity contribution < 1.29 is 90.4 Å². The predicted molar refractivity (Wildman–Crippen MR) is 276 cm³/mol. The third-order valence-corrected chi connectivity index (χ3v) is 12.7. The van der Waals surface area contributed by atoms with Crippen LogP contribution in [0.15, 0.2) is 30.5 Å². The molecule has 0 bridgehead atoms. The third-order valence-electron chi connectivity index (χ3n) is 12.7. The van der Waals surface area contributed by atoms with E-state index in [0.717, 1.165) is 5.56 Å². The number of amides is 7. The van der Waals surface area contributed by atoms with Gasteiger partial charge in [0.15, 0.2) is 0 Å². The topological polar surface area (TPSA) is 290 Å². The molecular weight excluding hydrogens is 1040 g/mol. The number of nitrogens with zero attached hydrogens (tertiary/aromatic N) is 7. The van der Waals surface area contributed by atoms with Crippen LogP contribution in [-0.4, -0.2) is 274 Å². The van der Waals surface area contributed by atoms with Gasteiger partial charge in [0.05, 0.1) is 184 Å². The van der Waals surface area contributed by atoms with E-state index in [1.165, 1.54) is 4.90 Å². The molecule has 6 rings (SSSR count). The Morgan fingerprint density at radius 3 is 1.52 bits per heavy atom. The van der Waals surface area contributed by atoms with E-state index in [0.29, 0.717) is 207 Å². The molecule has 442 valence electrons. The van der Waals surface area contributed by atoms with Gasteiger partial charge in [0, 0.05) is 50.3 Å². The van der Waals surface area contributed by atoms with Gasteiger partial charge in [0.1, 0.15) is 11.2 Å². The first-order chi connectivity index (χ1) is 38.6. The Labute approximate surface area is 459 Å². The van der Waals surface area contributed by atoms with Gasteiger partial charge in [-0.05, 0) is 32.0 Å². The summed E-state index contributed by atoms with van der Waals surface area (Å²) in [5, 5.41) is 14.9. The Bertz CT molecular complexity index is 2130. The number of ether oxygens (including phenoxy) is 12. The van der Waals surface area contributed by atoms with Gasteiger partial charge >= 0.3 is 18.0 Å². The number of carbonyl (C=O) groups excluding carboxylic acids is 6. The Hall–Kier alpha value is -5.34. The van der Waals surface area contributed by atoms with Gasteiger partial charge in [-0.2, -0.15) is 0 Å². The number of nitrogens with one attached hydrogen (secondary N) is 2. The molecule has 4 aliphatic heterocycles. The smallest absolute Gasteiger partial charge is 0.335 e. The molecule has 0 unspecified atom stereocenters. The zero-order chi connectivity index (χ0) is 55.8. The average molecular weight is 1120 g/mol. The Morgan fingerprint density at radius 2 is 1.06 bits per heavy atom. The van der Waals surface area contributed by atoms with E-state index >= 15 is 0 Å². The van der Waals surface area contributed by atoms with Gasteiger partial charge in [0.2, 0.25) is 0 Å². The molecule has 28 heteroatoms. The minimum atomic E-state index is -0.949. The first kappa shape index (κ1) is 62.9. The molecule has 0 atom stereocenters. The second-order valence-corrected chi connectivity index (χ2v) is 18.6. The molecule has 28 nitrogen and oxygen atoms in total. The highest BCUT2D eigenvalue weighted by molar-refractivity contribution is 6.07. The number of hydroxylamine groups is 2. The number of hydrogen-bond acceptors (Lipinski definition) is 22. The Balaban J connectivity index is 0.617. The minimum Gasteiger partial charge on any atom is -0.378 e.